The van der Waals surface area contributed by atoms with Gasteiger partial charge in [-0.2, -0.15) is 0 Å². The molecule has 0 amide bonds. The van der Waals surface area contributed by atoms with Crippen LogP contribution in [0.1, 0.15) is 25.3 Å². The molecule has 21 heavy (non-hydrogen) atoms. The molecule has 112 valence electrons. The van der Waals surface area contributed by atoms with Gasteiger partial charge in [0.15, 0.2) is 0 Å². The van der Waals surface area contributed by atoms with Crippen LogP contribution in [0.2, 0.25) is 0 Å². The zero-order valence-corrected chi connectivity index (χ0v) is 13.0. The van der Waals surface area contributed by atoms with Crippen LogP contribution in [0.5, 0.6) is 0 Å². The van der Waals surface area contributed by atoms with Crippen molar-refractivity contribution in [2.75, 3.05) is 10.1 Å². The largest absolute Gasteiger partial charge is 0.266 e. The van der Waals surface area contributed by atoms with Crippen LogP contribution in [-0.4, -0.2) is 19.2 Å². The van der Waals surface area contributed by atoms with Gasteiger partial charge < -0.3 is 0 Å². The van der Waals surface area contributed by atoms with Crippen LogP contribution in [0.25, 0.3) is 0 Å². The van der Waals surface area contributed by atoms with Gasteiger partial charge in [0.2, 0.25) is 10.0 Å². The van der Waals surface area contributed by atoms with E-state index in [2.05, 4.69) is 4.98 Å². The summed E-state index contributed by atoms with van der Waals surface area (Å²) in [5, 5.41) is 0. The van der Waals surface area contributed by atoms with Crippen molar-refractivity contribution in [1.29, 1.82) is 0 Å². The number of hydrogen-bond donors (Lipinski definition) is 0. The maximum absolute atomic E-state index is 12.6. The summed E-state index contributed by atoms with van der Waals surface area (Å²) in [6, 6.07) is 12.9. The highest BCUT2D eigenvalue weighted by Crippen LogP contribution is 2.21. The maximum Gasteiger partial charge on any atom is 0.235 e. The van der Waals surface area contributed by atoms with Gasteiger partial charge in [-0.1, -0.05) is 37.6 Å². The Hall–Kier alpha value is -1.88. The molecule has 1 aromatic carbocycles. The van der Waals surface area contributed by atoms with Gasteiger partial charge in [-0.25, -0.2) is 8.42 Å². The van der Waals surface area contributed by atoms with Crippen molar-refractivity contribution in [2.24, 2.45) is 0 Å². The normalized spacial score (nSPS) is 11.3. The lowest BCUT2D eigenvalue weighted by Crippen LogP contribution is -2.32. The molecule has 0 atom stereocenters. The SMILES string of the molecule is CCCCS(=O)(=O)N(Cc1cccnc1)c1ccccc1. The third kappa shape index (κ3) is 4.29. The van der Waals surface area contributed by atoms with Crippen LogP contribution in [-0.2, 0) is 16.6 Å². The lowest BCUT2D eigenvalue weighted by Gasteiger charge is -2.24. The predicted octanol–water partition coefficient (Wildman–Crippen LogP) is 3.22. The first-order chi connectivity index (χ1) is 10.1. The van der Waals surface area contributed by atoms with E-state index in [0.29, 0.717) is 18.7 Å². The molecule has 0 N–H and O–H groups in total. The predicted molar refractivity (Wildman–Crippen MR) is 85.6 cm³/mol. The van der Waals surface area contributed by atoms with Crippen molar-refractivity contribution in [3.8, 4) is 0 Å². The highest BCUT2D eigenvalue weighted by atomic mass is 32.2. The minimum absolute atomic E-state index is 0.165. The fraction of sp³-hybridized carbons (Fsp3) is 0.312. The molecule has 0 unspecified atom stereocenters. The molecule has 0 fully saturated rings. The Morgan fingerprint density at radius 2 is 1.86 bits per heavy atom. The Kier molecular flexibility index (Phi) is 5.33. The Morgan fingerprint density at radius 3 is 2.48 bits per heavy atom. The third-order valence-electron chi connectivity index (χ3n) is 3.18. The van der Waals surface area contributed by atoms with Gasteiger partial charge in [0.25, 0.3) is 0 Å². The lowest BCUT2D eigenvalue weighted by atomic mass is 10.2. The Morgan fingerprint density at radius 1 is 1.10 bits per heavy atom. The molecule has 2 rings (SSSR count). The molecule has 0 radical (unpaired) electrons. The summed E-state index contributed by atoms with van der Waals surface area (Å²) in [7, 11) is -3.33. The van der Waals surface area contributed by atoms with Gasteiger partial charge in [-0.15, -0.1) is 0 Å². The fourth-order valence-electron chi connectivity index (χ4n) is 2.04. The molecule has 0 aliphatic heterocycles. The van der Waals surface area contributed by atoms with E-state index in [1.165, 1.54) is 4.31 Å². The number of nitrogens with zero attached hydrogens (tertiary/aromatic N) is 2. The Bertz CT molecular complexity index is 642. The maximum atomic E-state index is 12.6. The van der Waals surface area contributed by atoms with E-state index in [1.807, 2.05) is 49.4 Å². The summed E-state index contributed by atoms with van der Waals surface area (Å²) < 4.78 is 26.7. The topological polar surface area (TPSA) is 50.3 Å². The molecule has 4 nitrogen and oxygen atoms in total. The number of rotatable bonds is 7. The van der Waals surface area contributed by atoms with Gasteiger partial charge in [-0.3, -0.25) is 9.29 Å². The third-order valence-corrected chi connectivity index (χ3v) is 5.00. The summed E-state index contributed by atoms with van der Waals surface area (Å²) >= 11 is 0. The molecule has 0 spiro atoms. The van der Waals surface area contributed by atoms with Crippen molar-refractivity contribution < 1.29 is 8.42 Å². The molecule has 0 aliphatic carbocycles. The molecule has 0 aliphatic rings. The van der Waals surface area contributed by atoms with Gasteiger partial charge in [0, 0.05) is 12.4 Å². The highest BCUT2D eigenvalue weighted by molar-refractivity contribution is 7.92. The first-order valence-electron chi connectivity index (χ1n) is 7.08. The monoisotopic (exact) mass is 304 g/mol. The smallest absolute Gasteiger partial charge is 0.235 e. The van der Waals surface area contributed by atoms with E-state index < -0.39 is 10.0 Å². The van der Waals surface area contributed by atoms with Crippen LogP contribution >= 0.6 is 0 Å². The second-order valence-electron chi connectivity index (χ2n) is 4.87. The van der Waals surface area contributed by atoms with Crippen LogP contribution < -0.4 is 4.31 Å². The molecular weight excluding hydrogens is 284 g/mol. The zero-order valence-electron chi connectivity index (χ0n) is 12.1. The van der Waals surface area contributed by atoms with Crippen LogP contribution in [0.3, 0.4) is 0 Å². The standard InChI is InChI=1S/C16H20N2O2S/c1-2-3-12-21(19,20)18(16-9-5-4-6-10-16)14-15-8-7-11-17-13-15/h4-11,13H,2-3,12,14H2,1H3. The van der Waals surface area contributed by atoms with Crippen LogP contribution in [0.15, 0.2) is 54.9 Å². The van der Waals surface area contributed by atoms with Gasteiger partial charge in [0.05, 0.1) is 18.0 Å². The second kappa shape index (κ2) is 7.22. The Balaban J connectivity index is 2.31. The summed E-state index contributed by atoms with van der Waals surface area (Å²) in [4.78, 5) is 4.05. The molecule has 1 heterocycles. The number of unbranched alkanes of at least 4 members (excludes halogenated alkanes) is 1. The number of sulfonamides is 1. The number of anilines is 1. The van der Waals surface area contributed by atoms with Crippen molar-refractivity contribution in [1.82, 2.24) is 4.98 Å². The van der Waals surface area contributed by atoms with E-state index in [-0.39, 0.29) is 5.75 Å². The van der Waals surface area contributed by atoms with Crippen LogP contribution in [0.4, 0.5) is 5.69 Å². The number of para-hydroxylation sites is 1. The first kappa shape index (κ1) is 15.5. The number of pyridine rings is 1. The summed E-state index contributed by atoms with van der Waals surface area (Å²) in [6.07, 6.45) is 4.90. The average Bonchev–Trinajstić information content (AvgIpc) is 2.52. The number of hydrogen-bond acceptors (Lipinski definition) is 3. The van der Waals surface area contributed by atoms with E-state index in [0.717, 1.165) is 12.0 Å². The molecular formula is C16H20N2O2S. The molecule has 0 saturated carbocycles. The number of aromatic nitrogens is 1. The van der Waals surface area contributed by atoms with Crippen LogP contribution in [0, 0.1) is 0 Å². The van der Waals surface area contributed by atoms with E-state index in [9.17, 15) is 8.42 Å². The highest BCUT2D eigenvalue weighted by Gasteiger charge is 2.22. The summed E-state index contributed by atoms with van der Waals surface area (Å²) in [5.41, 5.74) is 1.57. The summed E-state index contributed by atoms with van der Waals surface area (Å²) in [5.74, 6) is 0.165. The van der Waals surface area contributed by atoms with E-state index in [4.69, 9.17) is 0 Å². The van der Waals surface area contributed by atoms with Crippen molar-refractivity contribution in [3.05, 3.63) is 60.4 Å². The van der Waals surface area contributed by atoms with Crippen molar-refractivity contribution >= 4 is 15.7 Å². The zero-order chi connectivity index (χ0) is 15.1. The molecule has 2 aromatic rings. The van der Waals surface area contributed by atoms with E-state index >= 15 is 0 Å². The second-order valence-corrected chi connectivity index (χ2v) is 6.89. The first-order valence-corrected chi connectivity index (χ1v) is 8.69. The quantitative estimate of drug-likeness (QED) is 0.789. The van der Waals surface area contributed by atoms with Gasteiger partial charge >= 0.3 is 0 Å². The van der Waals surface area contributed by atoms with Gasteiger partial charge in [0.1, 0.15) is 0 Å². The van der Waals surface area contributed by atoms with Gasteiger partial charge in [-0.05, 0) is 30.2 Å². The van der Waals surface area contributed by atoms with Crippen molar-refractivity contribution in [2.45, 2.75) is 26.3 Å². The minimum atomic E-state index is -3.33. The minimum Gasteiger partial charge on any atom is -0.266 e. The fourth-order valence-corrected chi connectivity index (χ4v) is 3.70. The molecule has 0 saturated heterocycles. The summed E-state index contributed by atoms with van der Waals surface area (Å²) in [6.45, 7) is 2.30. The Labute approximate surface area is 126 Å². The van der Waals surface area contributed by atoms with Crippen molar-refractivity contribution in [3.63, 3.8) is 0 Å². The lowest BCUT2D eigenvalue weighted by molar-refractivity contribution is 0.587. The average molecular weight is 304 g/mol. The molecule has 5 heteroatoms. The molecule has 0 bridgehead atoms. The van der Waals surface area contributed by atoms with E-state index in [1.54, 1.807) is 12.4 Å². The number of benzene rings is 1. The molecule has 1 aromatic heterocycles.